The van der Waals surface area contributed by atoms with Gasteiger partial charge in [-0.2, -0.15) is 0 Å². The molecule has 9 heteroatoms. The lowest BCUT2D eigenvalue weighted by molar-refractivity contribution is -0.0106. The maximum absolute atomic E-state index is 14.8. The molecule has 8 nitrogen and oxygen atoms in total. The number of hydrogen-bond donors (Lipinski definition) is 1. The van der Waals surface area contributed by atoms with Gasteiger partial charge in [0.05, 0.1) is 24.1 Å². The number of benzene rings is 1. The molecule has 0 spiro atoms. The Morgan fingerprint density at radius 1 is 1.30 bits per heavy atom. The number of imidazole rings is 1. The SMILES string of the molecule is Cn1cnc(-c2ccc(OC3CCN(C(=O)OC(C)(C)C)C[C@H]3F)c(C(N)=O)c2)c1. The van der Waals surface area contributed by atoms with E-state index >= 15 is 0 Å². The first kappa shape index (κ1) is 21.6. The zero-order valence-electron chi connectivity index (χ0n) is 17.6. The summed E-state index contributed by atoms with van der Waals surface area (Å²) >= 11 is 0. The van der Waals surface area contributed by atoms with E-state index in [1.54, 1.807) is 49.9 Å². The predicted octanol–water partition coefficient (Wildman–Crippen LogP) is 2.91. The van der Waals surface area contributed by atoms with Crippen molar-refractivity contribution >= 4 is 12.0 Å². The van der Waals surface area contributed by atoms with Crippen molar-refractivity contribution in [2.45, 2.75) is 45.1 Å². The number of hydrogen-bond acceptors (Lipinski definition) is 5. The lowest BCUT2D eigenvalue weighted by Crippen LogP contribution is -2.50. The van der Waals surface area contributed by atoms with Crippen molar-refractivity contribution in [1.29, 1.82) is 0 Å². The van der Waals surface area contributed by atoms with E-state index in [2.05, 4.69) is 4.98 Å². The third-order valence-electron chi connectivity index (χ3n) is 4.66. The smallest absolute Gasteiger partial charge is 0.410 e. The molecule has 0 saturated carbocycles. The summed E-state index contributed by atoms with van der Waals surface area (Å²) in [6.45, 7) is 5.42. The zero-order chi connectivity index (χ0) is 22.1. The second-order valence-corrected chi connectivity index (χ2v) is 8.39. The standard InChI is InChI=1S/C21H27FN4O4/c1-21(2,3)30-20(28)26-8-7-18(15(22)10-26)29-17-6-5-13(9-14(17)19(23)27)16-11-25(4)12-24-16/h5-6,9,11-12,15,18H,7-8,10H2,1-4H3,(H2,23,27)/t15-,18?/m1/s1. The molecule has 2 heterocycles. The van der Waals surface area contributed by atoms with Gasteiger partial charge in [0.15, 0.2) is 6.17 Å². The fourth-order valence-corrected chi connectivity index (χ4v) is 3.22. The monoisotopic (exact) mass is 418 g/mol. The van der Waals surface area contributed by atoms with E-state index in [-0.39, 0.29) is 30.8 Å². The molecule has 1 fully saturated rings. The molecule has 1 unspecified atom stereocenters. The van der Waals surface area contributed by atoms with E-state index < -0.39 is 29.9 Å². The maximum Gasteiger partial charge on any atom is 0.410 e. The highest BCUT2D eigenvalue weighted by molar-refractivity contribution is 5.97. The summed E-state index contributed by atoms with van der Waals surface area (Å²) in [6, 6.07) is 4.92. The van der Waals surface area contributed by atoms with E-state index in [9.17, 15) is 14.0 Å². The van der Waals surface area contributed by atoms with Crippen LogP contribution in [0.3, 0.4) is 0 Å². The lowest BCUT2D eigenvalue weighted by Gasteiger charge is -2.35. The number of piperidine rings is 1. The number of likely N-dealkylation sites (tertiary alicyclic amines) is 1. The summed E-state index contributed by atoms with van der Waals surface area (Å²) < 4.78 is 27.6. The van der Waals surface area contributed by atoms with Crippen LogP contribution in [0.4, 0.5) is 9.18 Å². The second kappa shape index (κ2) is 8.33. The Hall–Kier alpha value is -3.10. The molecule has 1 aromatic heterocycles. The summed E-state index contributed by atoms with van der Waals surface area (Å²) in [7, 11) is 1.84. The third kappa shape index (κ3) is 5.08. The van der Waals surface area contributed by atoms with E-state index in [1.807, 2.05) is 13.2 Å². The van der Waals surface area contributed by atoms with Gasteiger partial charge >= 0.3 is 6.09 Å². The molecular weight excluding hydrogens is 391 g/mol. The molecule has 2 amide bonds. The minimum Gasteiger partial charge on any atom is -0.486 e. The topological polar surface area (TPSA) is 99.7 Å². The Kier molecular flexibility index (Phi) is 6.00. The fourth-order valence-electron chi connectivity index (χ4n) is 3.22. The average molecular weight is 418 g/mol. The highest BCUT2D eigenvalue weighted by Crippen LogP contribution is 2.29. The van der Waals surface area contributed by atoms with Gasteiger partial charge < -0.3 is 24.7 Å². The lowest BCUT2D eigenvalue weighted by atomic mass is 10.0. The summed E-state index contributed by atoms with van der Waals surface area (Å²) in [6.07, 6.45) is 0.937. The van der Waals surface area contributed by atoms with Crippen molar-refractivity contribution in [3.05, 3.63) is 36.3 Å². The number of ether oxygens (including phenoxy) is 2. The molecule has 0 aliphatic carbocycles. The molecule has 0 bridgehead atoms. The van der Waals surface area contributed by atoms with Gasteiger partial charge in [-0.05, 0) is 39.0 Å². The highest BCUT2D eigenvalue weighted by Gasteiger charge is 2.35. The molecule has 0 radical (unpaired) electrons. The normalized spacial score (nSPS) is 19.4. The number of rotatable bonds is 4. The molecule has 1 aliphatic heterocycles. The molecule has 162 valence electrons. The first-order valence-corrected chi connectivity index (χ1v) is 9.74. The fraction of sp³-hybridized carbons (Fsp3) is 0.476. The molecule has 30 heavy (non-hydrogen) atoms. The summed E-state index contributed by atoms with van der Waals surface area (Å²) in [5, 5.41) is 0. The first-order chi connectivity index (χ1) is 14.0. The van der Waals surface area contributed by atoms with E-state index in [4.69, 9.17) is 15.2 Å². The summed E-state index contributed by atoms with van der Waals surface area (Å²) in [4.78, 5) is 29.7. The zero-order valence-corrected chi connectivity index (χ0v) is 17.6. The highest BCUT2D eigenvalue weighted by atomic mass is 19.1. The summed E-state index contributed by atoms with van der Waals surface area (Å²) in [5.74, 6) is -0.468. The minimum atomic E-state index is -1.43. The average Bonchev–Trinajstić information content (AvgIpc) is 3.08. The number of aryl methyl sites for hydroxylation is 1. The number of carbonyl (C=O) groups is 2. The van der Waals surface area contributed by atoms with E-state index in [0.29, 0.717) is 11.3 Å². The number of nitrogens with zero attached hydrogens (tertiary/aromatic N) is 3. The number of aromatic nitrogens is 2. The van der Waals surface area contributed by atoms with Crippen LogP contribution in [0.1, 0.15) is 37.6 Å². The van der Waals surface area contributed by atoms with Crippen LogP contribution in [-0.2, 0) is 11.8 Å². The molecular formula is C21H27FN4O4. The quantitative estimate of drug-likeness (QED) is 0.823. The molecule has 2 atom stereocenters. The van der Waals surface area contributed by atoms with E-state index in [1.165, 1.54) is 4.90 Å². The predicted molar refractivity (Wildman–Crippen MR) is 109 cm³/mol. The van der Waals surface area contributed by atoms with Crippen LogP contribution >= 0.6 is 0 Å². The van der Waals surface area contributed by atoms with Gasteiger partial charge in [0.1, 0.15) is 17.5 Å². The van der Waals surface area contributed by atoms with Crippen LogP contribution in [0.2, 0.25) is 0 Å². The Bertz CT molecular complexity index is 937. The van der Waals surface area contributed by atoms with Crippen LogP contribution in [-0.4, -0.2) is 57.4 Å². The molecule has 2 aromatic rings. The number of primary amides is 1. The van der Waals surface area contributed by atoms with Crippen LogP contribution in [0.15, 0.2) is 30.7 Å². The molecule has 1 aromatic carbocycles. The Morgan fingerprint density at radius 2 is 2.03 bits per heavy atom. The van der Waals surface area contributed by atoms with Crippen molar-refractivity contribution in [1.82, 2.24) is 14.5 Å². The Balaban J connectivity index is 1.72. The molecule has 3 rings (SSSR count). The van der Waals surface area contributed by atoms with Crippen molar-refractivity contribution in [2.75, 3.05) is 13.1 Å². The third-order valence-corrected chi connectivity index (χ3v) is 4.66. The Morgan fingerprint density at radius 3 is 2.60 bits per heavy atom. The van der Waals surface area contributed by atoms with Crippen LogP contribution in [0, 0.1) is 0 Å². The number of nitrogens with two attached hydrogens (primary N) is 1. The van der Waals surface area contributed by atoms with Crippen LogP contribution in [0.5, 0.6) is 5.75 Å². The van der Waals surface area contributed by atoms with Gasteiger partial charge in [-0.15, -0.1) is 0 Å². The Labute approximate surface area is 174 Å². The molecule has 1 aliphatic rings. The van der Waals surface area contributed by atoms with Gasteiger partial charge in [-0.1, -0.05) is 0 Å². The number of amides is 2. The van der Waals surface area contributed by atoms with Crippen molar-refractivity contribution in [3.63, 3.8) is 0 Å². The maximum atomic E-state index is 14.8. The van der Waals surface area contributed by atoms with Gasteiger partial charge in [0, 0.05) is 31.8 Å². The van der Waals surface area contributed by atoms with Crippen LogP contribution < -0.4 is 10.5 Å². The van der Waals surface area contributed by atoms with Crippen LogP contribution in [0.25, 0.3) is 11.3 Å². The second-order valence-electron chi connectivity index (χ2n) is 8.39. The van der Waals surface area contributed by atoms with E-state index in [0.717, 1.165) is 0 Å². The number of halogens is 1. The largest absolute Gasteiger partial charge is 0.486 e. The number of carbonyl (C=O) groups excluding carboxylic acids is 2. The summed E-state index contributed by atoms with van der Waals surface area (Å²) in [5.41, 5.74) is 6.40. The minimum absolute atomic E-state index is 0.141. The van der Waals surface area contributed by atoms with Gasteiger partial charge in [-0.3, -0.25) is 4.79 Å². The van der Waals surface area contributed by atoms with Gasteiger partial charge in [0.25, 0.3) is 5.91 Å². The molecule has 2 N–H and O–H groups in total. The van der Waals surface area contributed by atoms with Gasteiger partial charge in [-0.25, -0.2) is 14.2 Å². The van der Waals surface area contributed by atoms with Crippen molar-refractivity contribution < 1.29 is 23.5 Å². The van der Waals surface area contributed by atoms with Crippen molar-refractivity contribution in [3.8, 4) is 17.0 Å². The molecule has 1 saturated heterocycles. The van der Waals surface area contributed by atoms with Gasteiger partial charge in [0.2, 0.25) is 0 Å². The van der Waals surface area contributed by atoms with Crippen molar-refractivity contribution in [2.24, 2.45) is 12.8 Å². The number of alkyl halides is 1. The first-order valence-electron chi connectivity index (χ1n) is 9.74.